The van der Waals surface area contributed by atoms with Crippen molar-refractivity contribution in [2.45, 2.75) is 26.3 Å². The van der Waals surface area contributed by atoms with Gasteiger partial charge in [-0.05, 0) is 18.1 Å². The molecule has 1 amide bonds. The van der Waals surface area contributed by atoms with E-state index in [1.807, 2.05) is 31.2 Å². The van der Waals surface area contributed by atoms with E-state index < -0.39 is 0 Å². The van der Waals surface area contributed by atoms with Crippen LogP contribution in [0.2, 0.25) is 0 Å². The van der Waals surface area contributed by atoms with E-state index in [9.17, 15) is 4.79 Å². The first-order valence-electron chi connectivity index (χ1n) is 7.90. The zero-order chi connectivity index (χ0) is 18.1. The molecule has 1 aromatic heterocycles. The first-order chi connectivity index (χ1) is 12.1. The number of benzene rings is 1. The van der Waals surface area contributed by atoms with Gasteiger partial charge in [0.25, 0.3) is 0 Å². The maximum absolute atomic E-state index is 11.5. The summed E-state index contributed by atoms with van der Waals surface area (Å²) in [4.78, 5) is 19.4. The molecule has 0 atom stereocenters. The highest BCUT2D eigenvalue weighted by atomic mass is 16.1. The lowest BCUT2D eigenvalue weighted by molar-refractivity contribution is -0.121. The third kappa shape index (κ3) is 5.69. The van der Waals surface area contributed by atoms with Gasteiger partial charge in [-0.1, -0.05) is 31.2 Å². The molecule has 1 heterocycles. The molecule has 2 aromatic rings. The van der Waals surface area contributed by atoms with Gasteiger partial charge in [0.05, 0.1) is 0 Å². The minimum absolute atomic E-state index is 0.0422. The Morgan fingerprint density at radius 1 is 1.08 bits per heavy atom. The number of amides is 1. The van der Waals surface area contributed by atoms with Gasteiger partial charge in [0.15, 0.2) is 17.5 Å². The fourth-order valence-corrected chi connectivity index (χ4v) is 1.95. The molecule has 0 fully saturated rings. The van der Waals surface area contributed by atoms with E-state index in [4.69, 9.17) is 11.5 Å². The van der Waals surface area contributed by atoms with E-state index in [0.29, 0.717) is 18.5 Å². The van der Waals surface area contributed by atoms with Gasteiger partial charge in [-0.25, -0.2) is 9.97 Å². The van der Waals surface area contributed by atoms with E-state index in [0.717, 1.165) is 12.0 Å². The summed E-state index contributed by atoms with van der Waals surface area (Å²) in [6.45, 7) is 2.45. The molecule has 5 N–H and O–H groups in total. The summed E-state index contributed by atoms with van der Waals surface area (Å²) in [5.41, 5.74) is 13.3. The van der Waals surface area contributed by atoms with E-state index in [1.165, 1.54) is 0 Å². The van der Waals surface area contributed by atoms with Crippen LogP contribution in [0.3, 0.4) is 0 Å². The number of carbonyl (C=O) groups is 1. The normalized spacial score (nSPS) is 12.0. The maximum atomic E-state index is 11.5. The highest BCUT2D eigenvalue weighted by molar-refractivity contribution is 5.99. The number of aromatic nitrogens is 2. The molecule has 1 aromatic carbocycles. The molecular formula is C17H21N7O. The standard InChI is InChI=1S/C17H21N7O/c1-2-4-14(25)22-11-12-5-7-13(8-6-12)15(18)23-24-16(19)17-20-9-3-10-21-17/h3,5-10H,2,4,11H2,1H3,(H2,18,23)(H2,19,24)(H,22,25). The van der Waals surface area contributed by atoms with Crippen molar-refractivity contribution in [3.8, 4) is 0 Å². The van der Waals surface area contributed by atoms with Crippen LogP contribution in [0.25, 0.3) is 0 Å². The molecule has 0 aliphatic carbocycles. The Hall–Kier alpha value is -3.29. The van der Waals surface area contributed by atoms with Crippen molar-refractivity contribution < 1.29 is 4.79 Å². The van der Waals surface area contributed by atoms with Crippen LogP contribution in [0.15, 0.2) is 52.9 Å². The molecule has 8 nitrogen and oxygen atoms in total. The Morgan fingerprint density at radius 3 is 2.36 bits per heavy atom. The van der Waals surface area contributed by atoms with Gasteiger partial charge in [0.1, 0.15) is 0 Å². The van der Waals surface area contributed by atoms with Crippen LogP contribution >= 0.6 is 0 Å². The highest BCUT2D eigenvalue weighted by Crippen LogP contribution is 2.05. The lowest BCUT2D eigenvalue weighted by Crippen LogP contribution is -2.22. The topological polar surface area (TPSA) is 132 Å². The van der Waals surface area contributed by atoms with Crippen molar-refractivity contribution in [1.82, 2.24) is 15.3 Å². The number of nitrogens with zero attached hydrogens (tertiary/aromatic N) is 4. The van der Waals surface area contributed by atoms with Gasteiger partial charge < -0.3 is 16.8 Å². The SMILES string of the molecule is CCCC(=O)NCc1ccc(/C(N)=N/N=C(\N)c2ncccn2)cc1. The first kappa shape index (κ1) is 18.1. The molecule has 0 unspecified atom stereocenters. The van der Waals surface area contributed by atoms with Gasteiger partial charge in [-0.2, -0.15) is 0 Å². The second-order valence-corrected chi connectivity index (χ2v) is 5.27. The molecular weight excluding hydrogens is 318 g/mol. The van der Waals surface area contributed by atoms with Crippen molar-refractivity contribution in [3.63, 3.8) is 0 Å². The number of nitrogens with two attached hydrogens (primary N) is 2. The third-order valence-corrected chi connectivity index (χ3v) is 3.28. The van der Waals surface area contributed by atoms with Crippen molar-refractivity contribution in [2.75, 3.05) is 0 Å². The van der Waals surface area contributed by atoms with Crippen LogP contribution in [0.4, 0.5) is 0 Å². The molecule has 2 rings (SSSR count). The van der Waals surface area contributed by atoms with Gasteiger partial charge in [-0.15, -0.1) is 10.2 Å². The molecule has 0 saturated carbocycles. The highest BCUT2D eigenvalue weighted by Gasteiger charge is 2.03. The van der Waals surface area contributed by atoms with Crippen molar-refractivity contribution in [2.24, 2.45) is 21.7 Å². The van der Waals surface area contributed by atoms with E-state index in [1.54, 1.807) is 18.5 Å². The Labute approximate surface area is 146 Å². The fraction of sp³-hybridized carbons (Fsp3) is 0.235. The summed E-state index contributed by atoms with van der Waals surface area (Å²) < 4.78 is 0. The van der Waals surface area contributed by atoms with Crippen molar-refractivity contribution in [3.05, 3.63) is 59.7 Å². The van der Waals surface area contributed by atoms with E-state index in [-0.39, 0.29) is 23.4 Å². The predicted molar refractivity (Wildman–Crippen MR) is 96.7 cm³/mol. The monoisotopic (exact) mass is 339 g/mol. The summed E-state index contributed by atoms with van der Waals surface area (Å²) in [6, 6.07) is 9.05. The van der Waals surface area contributed by atoms with Gasteiger partial charge >= 0.3 is 0 Å². The minimum Gasteiger partial charge on any atom is -0.382 e. The summed E-state index contributed by atoms with van der Waals surface area (Å²) in [7, 11) is 0. The second-order valence-electron chi connectivity index (χ2n) is 5.27. The minimum atomic E-state index is 0.0422. The Morgan fingerprint density at radius 2 is 1.72 bits per heavy atom. The Bertz CT molecular complexity index is 754. The summed E-state index contributed by atoms with van der Waals surface area (Å²) in [5.74, 6) is 0.636. The van der Waals surface area contributed by atoms with Crippen LogP contribution in [0.1, 0.15) is 36.7 Å². The van der Waals surface area contributed by atoms with Crippen molar-refractivity contribution in [1.29, 1.82) is 0 Å². The van der Waals surface area contributed by atoms with Crippen LogP contribution in [-0.2, 0) is 11.3 Å². The summed E-state index contributed by atoms with van der Waals surface area (Å²) in [6.07, 6.45) is 4.49. The smallest absolute Gasteiger partial charge is 0.220 e. The lowest BCUT2D eigenvalue weighted by atomic mass is 10.1. The van der Waals surface area contributed by atoms with Gasteiger partial charge in [0.2, 0.25) is 5.91 Å². The van der Waals surface area contributed by atoms with E-state index in [2.05, 4.69) is 25.5 Å². The summed E-state index contributed by atoms with van der Waals surface area (Å²) >= 11 is 0. The molecule has 25 heavy (non-hydrogen) atoms. The second kappa shape index (κ2) is 9.11. The Kier molecular flexibility index (Phi) is 6.58. The molecule has 0 aliphatic heterocycles. The van der Waals surface area contributed by atoms with Gasteiger partial charge in [-0.3, -0.25) is 4.79 Å². The number of hydrogen-bond donors (Lipinski definition) is 3. The number of nitrogens with one attached hydrogen (secondary N) is 1. The molecule has 130 valence electrons. The third-order valence-electron chi connectivity index (χ3n) is 3.28. The average molecular weight is 339 g/mol. The van der Waals surface area contributed by atoms with E-state index >= 15 is 0 Å². The predicted octanol–water partition coefficient (Wildman–Crippen LogP) is 0.919. The lowest BCUT2D eigenvalue weighted by Gasteiger charge is -2.05. The zero-order valence-electron chi connectivity index (χ0n) is 14.0. The van der Waals surface area contributed by atoms with Crippen LogP contribution < -0.4 is 16.8 Å². The molecule has 0 spiro atoms. The Balaban J connectivity index is 2.00. The summed E-state index contributed by atoms with van der Waals surface area (Å²) in [5, 5.41) is 10.6. The van der Waals surface area contributed by atoms with Crippen LogP contribution in [0.5, 0.6) is 0 Å². The van der Waals surface area contributed by atoms with Crippen molar-refractivity contribution >= 4 is 17.6 Å². The molecule has 0 saturated heterocycles. The molecule has 0 bridgehead atoms. The van der Waals surface area contributed by atoms with Gasteiger partial charge in [0, 0.05) is 30.9 Å². The van der Waals surface area contributed by atoms with Crippen LogP contribution in [-0.4, -0.2) is 27.5 Å². The number of carbonyl (C=O) groups excluding carboxylic acids is 1. The zero-order valence-corrected chi connectivity index (χ0v) is 14.0. The van der Waals surface area contributed by atoms with Crippen LogP contribution in [0, 0.1) is 0 Å². The largest absolute Gasteiger partial charge is 0.382 e. The number of amidine groups is 2. The first-order valence-corrected chi connectivity index (χ1v) is 7.90. The average Bonchev–Trinajstić information content (AvgIpc) is 2.65. The molecule has 8 heteroatoms. The quantitative estimate of drug-likeness (QED) is 0.392. The maximum Gasteiger partial charge on any atom is 0.220 e. The fourth-order valence-electron chi connectivity index (χ4n) is 1.95. The molecule has 0 aliphatic rings. The number of rotatable bonds is 7. The number of hydrogen-bond acceptors (Lipinski definition) is 5. The molecule has 0 radical (unpaired) electrons.